The fourth-order valence-electron chi connectivity index (χ4n) is 4.47. The number of anilines is 2. The van der Waals surface area contributed by atoms with Crippen molar-refractivity contribution in [2.24, 2.45) is 0 Å². The van der Waals surface area contributed by atoms with E-state index in [0.29, 0.717) is 36.9 Å². The minimum Gasteiger partial charge on any atom is -0.382 e. The predicted octanol–water partition coefficient (Wildman–Crippen LogP) is 4.30. The number of alkyl halides is 3. The fourth-order valence-corrected chi connectivity index (χ4v) is 5.69. The van der Waals surface area contributed by atoms with E-state index >= 15 is 0 Å². The molecule has 0 saturated carbocycles. The molecular formula is C24H24F4N8S. The summed E-state index contributed by atoms with van der Waals surface area (Å²) in [4.78, 5) is 17.1. The van der Waals surface area contributed by atoms with Gasteiger partial charge in [0, 0.05) is 31.4 Å². The summed E-state index contributed by atoms with van der Waals surface area (Å²) in [6, 6.07) is 5.05. The third-order valence-corrected chi connectivity index (χ3v) is 7.94. The number of nitrogens with zero attached hydrogens (tertiary/aromatic N) is 7. The molecule has 37 heavy (non-hydrogen) atoms. The molecule has 0 radical (unpaired) electrons. The summed E-state index contributed by atoms with van der Waals surface area (Å²) in [6.07, 6.45) is 0.128. The molecule has 2 aromatic heterocycles. The number of hydrogen-bond acceptors (Lipinski definition) is 8. The molecule has 1 aromatic carbocycles. The SMILES string of the molecule is N#Cc1c(N)ncnc1N1CC[C@H](c2nc(-c3ccc(F)c(C(F)(F)F)c3)cn2CCN2CCC2)SC1. The van der Waals surface area contributed by atoms with Crippen LogP contribution in [-0.4, -0.2) is 56.5 Å². The van der Waals surface area contributed by atoms with E-state index in [1.807, 2.05) is 9.47 Å². The molecule has 0 unspecified atom stereocenters. The highest BCUT2D eigenvalue weighted by Crippen LogP contribution is 2.40. The van der Waals surface area contributed by atoms with Gasteiger partial charge in [-0.3, -0.25) is 0 Å². The van der Waals surface area contributed by atoms with Crippen LogP contribution in [0.5, 0.6) is 0 Å². The molecule has 2 saturated heterocycles. The van der Waals surface area contributed by atoms with Gasteiger partial charge in [-0.1, -0.05) is 0 Å². The standard InChI is InChI=1S/C24H24F4N8S/c25-18-3-2-15(10-17(18)24(26,27)28)19-12-35(9-8-34-5-1-6-34)23(33-19)20-4-7-36(14-37-20)22-16(11-29)21(30)31-13-32-22/h2-3,10,12-13,20H,1,4-9,14H2,(H2,30,31,32)/t20-/m1/s1. The average molecular weight is 533 g/mol. The molecule has 0 aliphatic carbocycles. The van der Waals surface area contributed by atoms with E-state index < -0.39 is 17.6 Å². The van der Waals surface area contributed by atoms with Crippen molar-refractivity contribution in [2.75, 3.05) is 42.7 Å². The Labute approximate surface area is 215 Å². The minimum absolute atomic E-state index is 0.0198. The number of aromatic nitrogens is 4. The molecule has 2 aliphatic rings. The Balaban J connectivity index is 1.41. The number of nitriles is 1. The lowest BCUT2D eigenvalue weighted by Gasteiger charge is -2.33. The Morgan fingerprint density at radius 2 is 1.97 bits per heavy atom. The van der Waals surface area contributed by atoms with Gasteiger partial charge in [-0.15, -0.1) is 11.8 Å². The highest BCUT2D eigenvalue weighted by molar-refractivity contribution is 7.99. The molecule has 2 fully saturated rings. The van der Waals surface area contributed by atoms with E-state index in [1.165, 1.54) is 12.4 Å². The number of rotatable bonds is 6. The first-order valence-electron chi connectivity index (χ1n) is 11.8. The lowest BCUT2D eigenvalue weighted by Crippen LogP contribution is -2.39. The molecule has 1 atom stereocenters. The Hall–Kier alpha value is -3.37. The summed E-state index contributed by atoms with van der Waals surface area (Å²) in [5, 5.41) is 9.45. The van der Waals surface area contributed by atoms with E-state index in [-0.39, 0.29) is 22.2 Å². The third-order valence-electron chi connectivity index (χ3n) is 6.63. The largest absolute Gasteiger partial charge is 0.419 e. The van der Waals surface area contributed by atoms with E-state index in [4.69, 9.17) is 10.7 Å². The van der Waals surface area contributed by atoms with Gasteiger partial charge in [0.2, 0.25) is 0 Å². The molecule has 194 valence electrons. The first-order chi connectivity index (χ1) is 17.7. The summed E-state index contributed by atoms with van der Waals surface area (Å²) in [7, 11) is 0. The number of benzene rings is 1. The highest BCUT2D eigenvalue weighted by atomic mass is 32.2. The normalized spacial score (nSPS) is 18.5. The van der Waals surface area contributed by atoms with Crippen LogP contribution in [0, 0.1) is 17.1 Å². The molecule has 0 amide bonds. The van der Waals surface area contributed by atoms with Crippen LogP contribution in [0.2, 0.25) is 0 Å². The number of thioether (sulfide) groups is 1. The number of hydrogen-bond donors (Lipinski definition) is 1. The lowest BCUT2D eigenvalue weighted by atomic mass is 10.1. The molecule has 2 aliphatic heterocycles. The molecule has 0 spiro atoms. The van der Waals surface area contributed by atoms with Crippen LogP contribution in [0.3, 0.4) is 0 Å². The first-order valence-corrected chi connectivity index (χ1v) is 12.8. The average Bonchev–Trinajstić information content (AvgIpc) is 3.27. The number of nitrogen functional groups attached to an aromatic ring is 1. The zero-order valence-electron chi connectivity index (χ0n) is 19.7. The van der Waals surface area contributed by atoms with Crippen molar-refractivity contribution < 1.29 is 17.6 Å². The van der Waals surface area contributed by atoms with Crippen molar-refractivity contribution in [3.05, 3.63) is 53.5 Å². The first kappa shape index (κ1) is 25.3. The van der Waals surface area contributed by atoms with Crippen molar-refractivity contribution in [2.45, 2.75) is 30.8 Å². The van der Waals surface area contributed by atoms with E-state index in [9.17, 15) is 22.8 Å². The van der Waals surface area contributed by atoms with Gasteiger partial charge in [0.05, 0.1) is 22.4 Å². The lowest BCUT2D eigenvalue weighted by molar-refractivity contribution is -0.139. The van der Waals surface area contributed by atoms with Crippen LogP contribution in [0.4, 0.5) is 29.2 Å². The summed E-state index contributed by atoms with van der Waals surface area (Å²) in [6.45, 7) is 4.11. The molecule has 2 N–H and O–H groups in total. The van der Waals surface area contributed by atoms with Gasteiger partial charge in [0.1, 0.15) is 35.4 Å². The number of halogens is 4. The zero-order chi connectivity index (χ0) is 26.2. The van der Waals surface area contributed by atoms with Gasteiger partial charge in [0.25, 0.3) is 0 Å². The quantitative estimate of drug-likeness (QED) is 0.469. The molecular weight excluding hydrogens is 508 g/mol. The topological polar surface area (TPSA) is 99.9 Å². The molecule has 13 heteroatoms. The predicted molar refractivity (Wildman–Crippen MR) is 132 cm³/mol. The van der Waals surface area contributed by atoms with Crippen LogP contribution in [0.1, 0.15) is 35.0 Å². The van der Waals surface area contributed by atoms with Gasteiger partial charge < -0.3 is 20.1 Å². The summed E-state index contributed by atoms with van der Waals surface area (Å²) in [5.41, 5.74) is 5.36. The summed E-state index contributed by atoms with van der Waals surface area (Å²) < 4.78 is 55.8. The highest BCUT2D eigenvalue weighted by Gasteiger charge is 2.35. The second kappa shape index (κ2) is 10.2. The van der Waals surface area contributed by atoms with Crippen molar-refractivity contribution in [3.63, 3.8) is 0 Å². The summed E-state index contributed by atoms with van der Waals surface area (Å²) in [5.74, 6) is 0.593. The van der Waals surface area contributed by atoms with Gasteiger partial charge in [-0.05, 0) is 44.1 Å². The van der Waals surface area contributed by atoms with Gasteiger partial charge in [-0.2, -0.15) is 18.4 Å². The maximum atomic E-state index is 13.9. The van der Waals surface area contributed by atoms with E-state index in [2.05, 4.69) is 20.9 Å². The van der Waals surface area contributed by atoms with Crippen LogP contribution < -0.4 is 10.6 Å². The van der Waals surface area contributed by atoms with Crippen LogP contribution >= 0.6 is 11.8 Å². The van der Waals surface area contributed by atoms with Gasteiger partial charge >= 0.3 is 6.18 Å². The van der Waals surface area contributed by atoms with E-state index in [0.717, 1.165) is 44.0 Å². The van der Waals surface area contributed by atoms with Crippen LogP contribution in [0.15, 0.2) is 30.7 Å². The van der Waals surface area contributed by atoms with Gasteiger partial charge in [-0.25, -0.2) is 19.3 Å². The number of imidazole rings is 1. The van der Waals surface area contributed by atoms with Crippen LogP contribution in [-0.2, 0) is 12.7 Å². The second-order valence-electron chi connectivity index (χ2n) is 8.97. The summed E-state index contributed by atoms with van der Waals surface area (Å²) >= 11 is 1.61. The van der Waals surface area contributed by atoms with Crippen molar-refractivity contribution in [3.8, 4) is 17.3 Å². The third kappa shape index (κ3) is 5.21. The molecule has 3 aromatic rings. The Morgan fingerprint density at radius 1 is 1.16 bits per heavy atom. The minimum atomic E-state index is -4.79. The smallest absolute Gasteiger partial charge is 0.382 e. The maximum Gasteiger partial charge on any atom is 0.419 e. The molecule has 4 heterocycles. The number of nitrogens with two attached hydrogens (primary N) is 1. The van der Waals surface area contributed by atoms with Crippen molar-refractivity contribution >= 4 is 23.4 Å². The fraction of sp³-hybridized carbons (Fsp3) is 0.417. The van der Waals surface area contributed by atoms with Crippen molar-refractivity contribution in [1.29, 1.82) is 5.26 Å². The Morgan fingerprint density at radius 3 is 2.62 bits per heavy atom. The number of likely N-dealkylation sites (tertiary alicyclic amines) is 1. The zero-order valence-corrected chi connectivity index (χ0v) is 20.6. The molecule has 0 bridgehead atoms. The van der Waals surface area contributed by atoms with Gasteiger partial charge in [0.15, 0.2) is 5.82 Å². The Bertz CT molecular complexity index is 1320. The van der Waals surface area contributed by atoms with E-state index in [1.54, 1.807) is 18.0 Å². The Kier molecular flexibility index (Phi) is 6.96. The van der Waals surface area contributed by atoms with Crippen LogP contribution in [0.25, 0.3) is 11.3 Å². The monoisotopic (exact) mass is 532 g/mol. The van der Waals surface area contributed by atoms with Crippen molar-refractivity contribution in [1.82, 2.24) is 24.4 Å². The molecule has 5 rings (SSSR count). The molecule has 8 nitrogen and oxygen atoms in total. The maximum absolute atomic E-state index is 13.9. The second-order valence-corrected chi connectivity index (χ2v) is 10.1.